The van der Waals surface area contributed by atoms with E-state index in [9.17, 15) is 0 Å². The molecule has 0 amide bonds. The van der Waals surface area contributed by atoms with Gasteiger partial charge < -0.3 is 5.73 Å². The lowest BCUT2D eigenvalue weighted by molar-refractivity contribution is 0.0903. The van der Waals surface area contributed by atoms with Crippen molar-refractivity contribution >= 4 is 0 Å². The minimum atomic E-state index is 0.265. The first kappa shape index (κ1) is 13.3. The van der Waals surface area contributed by atoms with Gasteiger partial charge in [-0.25, -0.2) is 0 Å². The van der Waals surface area contributed by atoms with Gasteiger partial charge in [-0.3, -0.25) is 9.80 Å². The second-order valence-corrected chi connectivity index (χ2v) is 6.31. The van der Waals surface area contributed by atoms with Gasteiger partial charge in [-0.15, -0.1) is 0 Å². The van der Waals surface area contributed by atoms with Gasteiger partial charge in [0.05, 0.1) is 0 Å². The molecule has 2 fully saturated rings. The molecule has 2 rings (SSSR count). The Morgan fingerprint density at radius 1 is 1.41 bits per heavy atom. The van der Waals surface area contributed by atoms with Crippen molar-refractivity contribution in [2.45, 2.75) is 51.6 Å². The van der Waals surface area contributed by atoms with Crippen LogP contribution in [-0.4, -0.2) is 54.1 Å². The van der Waals surface area contributed by atoms with Crippen LogP contribution in [0.3, 0.4) is 0 Å². The van der Waals surface area contributed by atoms with Crippen molar-refractivity contribution in [3.05, 3.63) is 0 Å². The first-order chi connectivity index (χ1) is 8.11. The zero-order chi connectivity index (χ0) is 12.5. The van der Waals surface area contributed by atoms with Crippen molar-refractivity contribution in [1.82, 2.24) is 9.80 Å². The highest BCUT2D eigenvalue weighted by molar-refractivity contribution is 5.03. The molecular weight excluding hydrogens is 210 g/mol. The van der Waals surface area contributed by atoms with E-state index in [1.165, 1.54) is 38.9 Å². The molecule has 2 N–H and O–H groups in total. The maximum atomic E-state index is 6.14. The highest BCUT2D eigenvalue weighted by Crippen LogP contribution is 2.36. The van der Waals surface area contributed by atoms with Crippen molar-refractivity contribution in [3.8, 4) is 0 Å². The largest absolute Gasteiger partial charge is 0.329 e. The zero-order valence-corrected chi connectivity index (χ0v) is 11.8. The summed E-state index contributed by atoms with van der Waals surface area (Å²) in [5, 5.41) is 0. The normalized spacial score (nSPS) is 30.7. The van der Waals surface area contributed by atoms with Crippen LogP contribution >= 0.6 is 0 Å². The van der Waals surface area contributed by atoms with Gasteiger partial charge in [0.15, 0.2) is 0 Å². The van der Waals surface area contributed by atoms with E-state index in [0.717, 1.165) is 25.0 Å². The van der Waals surface area contributed by atoms with Crippen LogP contribution in [0.2, 0.25) is 0 Å². The second-order valence-electron chi connectivity index (χ2n) is 6.31. The molecule has 1 unspecified atom stereocenters. The van der Waals surface area contributed by atoms with E-state index in [4.69, 9.17) is 5.73 Å². The Kier molecular flexibility index (Phi) is 4.11. The van der Waals surface area contributed by atoms with E-state index >= 15 is 0 Å². The van der Waals surface area contributed by atoms with Crippen LogP contribution in [0, 0.1) is 5.92 Å². The predicted octanol–water partition coefficient (Wildman–Crippen LogP) is 1.53. The standard InChI is InChI=1S/C14H29N3/c1-4-17(9-12(2)3)14(10-15)7-8-16(11-14)13-5-6-13/h12-13H,4-11,15H2,1-3H3. The number of likely N-dealkylation sites (tertiary alicyclic amines) is 1. The van der Waals surface area contributed by atoms with Gasteiger partial charge in [-0.1, -0.05) is 20.8 Å². The van der Waals surface area contributed by atoms with Crippen LogP contribution < -0.4 is 5.73 Å². The summed E-state index contributed by atoms with van der Waals surface area (Å²) in [6, 6.07) is 0.890. The van der Waals surface area contributed by atoms with Crippen LogP contribution in [0.15, 0.2) is 0 Å². The lowest BCUT2D eigenvalue weighted by Gasteiger charge is -2.41. The Labute approximate surface area is 106 Å². The first-order valence-electron chi connectivity index (χ1n) is 7.30. The molecule has 100 valence electrons. The minimum absolute atomic E-state index is 0.265. The molecule has 17 heavy (non-hydrogen) atoms. The molecule has 3 nitrogen and oxygen atoms in total. The van der Waals surface area contributed by atoms with Gasteiger partial charge in [0.1, 0.15) is 0 Å². The number of hydrogen-bond donors (Lipinski definition) is 1. The highest BCUT2D eigenvalue weighted by Gasteiger charge is 2.45. The van der Waals surface area contributed by atoms with Crippen molar-refractivity contribution < 1.29 is 0 Å². The second kappa shape index (κ2) is 5.25. The van der Waals surface area contributed by atoms with Crippen molar-refractivity contribution in [2.24, 2.45) is 11.7 Å². The molecule has 1 atom stereocenters. The Morgan fingerprint density at radius 2 is 2.12 bits per heavy atom. The summed E-state index contributed by atoms with van der Waals surface area (Å²) in [6.07, 6.45) is 4.09. The molecule has 3 heteroatoms. The Bertz CT molecular complexity index is 250. The molecule has 1 heterocycles. The molecular formula is C14H29N3. The van der Waals surface area contributed by atoms with Crippen LogP contribution in [-0.2, 0) is 0 Å². The van der Waals surface area contributed by atoms with Crippen LogP contribution in [0.5, 0.6) is 0 Å². The van der Waals surface area contributed by atoms with Gasteiger partial charge in [0.2, 0.25) is 0 Å². The molecule has 1 saturated heterocycles. The molecule has 0 spiro atoms. The maximum Gasteiger partial charge on any atom is 0.0470 e. The highest BCUT2D eigenvalue weighted by atomic mass is 15.3. The smallest absolute Gasteiger partial charge is 0.0470 e. The third kappa shape index (κ3) is 2.83. The topological polar surface area (TPSA) is 32.5 Å². The molecule has 0 aromatic rings. The van der Waals surface area contributed by atoms with Crippen molar-refractivity contribution in [2.75, 3.05) is 32.7 Å². The number of hydrogen-bond acceptors (Lipinski definition) is 3. The van der Waals surface area contributed by atoms with Gasteiger partial charge in [0.25, 0.3) is 0 Å². The molecule has 1 aliphatic carbocycles. The Hall–Kier alpha value is -0.120. The van der Waals surface area contributed by atoms with Crippen LogP contribution in [0.4, 0.5) is 0 Å². The molecule has 1 aliphatic heterocycles. The molecule has 0 aromatic heterocycles. The average molecular weight is 239 g/mol. The number of nitrogens with zero attached hydrogens (tertiary/aromatic N) is 2. The lowest BCUT2D eigenvalue weighted by Crippen LogP contribution is -2.56. The predicted molar refractivity (Wildman–Crippen MR) is 73.1 cm³/mol. The number of rotatable bonds is 6. The summed E-state index contributed by atoms with van der Waals surface area (Å²) in [5.74, 6) is 0.730. The van der Waals surface area contributed by atoms with E-state index in [1.807, 2.05) is 0 Å². The summed E-state index contributed by atoms with van der Waals surface area (Å²) in [5.41, 5.74) is 6.40. The van der Waals surface area contributed by atoms with Crippen molar-refractivity contribution in [1.29, 1.82) is 0 Å². The summed E-state index contributed by atoms with van der Waals surface area (Å²) in [4.78, 5) is 5.32. The fourth-order valence-corrected chi connectivity index (χ4v) is 3.29. The third-order valence-electron chi connectivity index (χ3n) is 4.44. The molecule has 2 aliphatic rings. The monoisotopic (exact) mass is 239 g/mol. The maximum absolute atomic E-state index is 6.14. The fraction of sp³-hybridized carbons (Fsp3) is 1.00. The van der Waals surface area contributed by atoms with Gasteiger partial charge in [-0.05, 0) is 31.7 Å². The lowest BCUT2D eigenvalue weighted by atomic mass is 9.94. The fourth-order valence-electron chi connectivity index (χ4n) is 3.29. The van der Waals surface area contributed by atoms with E-state index in [1.54, 1.807) is 0 Å². The van der Waals surface area contributed by atoms with Crippen LogP contribution in [0.1, 0.15) is 40.0 Å². The molecule has 0 bridgehead atoms. The average Bonchev–Trinajstić information content (AvgIpc) is 3.06. The quantitative estimate of drug-likeness (QED) is 0.763. The summed E-state index contributed by atoms with van der Waals surface area (Å²) in [7, 11) is 0. The van der Waals surface area contributed by atoms with Crippen molar-refractivity contribution in [3.63, 3.8) is 0 Å². The van der Waals surface area contributed by atoms with E-state index in [2.05, 4.69) is 30.6 Å². The van der Waals surface area contributed by atoms with Gasteiger partial charge in [-0.2, -0.15) is 0 Å². The Morgan fingerprint density at radius 3 is 2.59 bits per heavy atom. The SMILES string of the molecule is CCN(CC(C)C)C1(CN)CCN(C2CC2)C1. The van der Waals surface area contributed by atoms with E-state index in [0.29, 0.717) is 0 Å². The molecule has 0 radical (unpaired) electrons. The summed E-state index contributed by atoms with van der Waals surface area (Å²) >= 11 is 0. The number of nitrogens with two attached hydrogens (primary N) is 1. The Balaban J connectivity index is 2.01. The summed E-state index contributed by atoms with van der Waals surface area (Å²) in [6.45, 7) is 12.5. The van der Waals surface area contributed by atoms with E-state index < -0.39 is 0 Å². The van der Waals surface area contributed by atoms with E-state index in [-0.39, 0.29) is 5.54 Å². The van der Waals surface area contributed by atoms with Gasteiger partial charge in [0, 0.05) is 37.8 Å². The first-order valence-corrected chi connectivity index (χ1v) is 7.30. The zero-order valence-electron chi connectivity index (χ0n) is 11.8. The number of likely N-dealkylation sites (N-methyl/N-ethyl adjacent to an activating group) is 1. The molecule has 1 saturated carbocycles. The van der Waals surface area contributed by atoms with Gasteiger partial charge >= 0.3 is 0 Å². The third-order valence-corrected chi connectivity index (χ3v) is 4.44. The van der Waals surface area contributed by atoms with Crippen LogP contribution in [0.25, 0.3) is 0 Å². The summed E-state index contributed by atoms with van der Waals surface area (Å²) < 4.78 is 0. The minimum Gasteiger partial charge on any atom is -0.329 e. The molecule has 0 aromatic carbocycles.